The maximum absolute atomic E-state index is 5.82. The molecule has 2 heteroatoms. The van der Waals surface area contributed by atoms with E-state index >= 15 is 0 Å². The summed E-state index contributed by atoms with van der Waals surface area (Å²) < 4.78 is 0. The standard InChI is InChI=1S/C6H13ClSi/c7-8-6-4-2-1-3-5-6/h6H,1-5,8H2. The van der Waals surface area contributed by atoms with E-state index in [1.54, 1.807) is 0 Å². The van der Waals surface area contributed by atoms with Crippen molar-refractivity contribution in [2.24, 2.45) is 0 Å². The van der Waals surface area contributed by atoms with E-state index in [1.807, 2.05) is 0 Å². The fraction of sp³-hybridized carbons (Fsp3) is 1.00. The van der Waals surface area contributed by atoms with Crippen LogP contribution < -0.4 is 0 Å². The molecule has 0 bridgehead atoms. The van der Waals surface area contributed by atoms with Crippen molar-refractivity contribution < 1.29 is 0 Å². The van der Waals surface area contributed by atoms with Crippen molar-refractivity contribution in [1.29, 1.82) is 0 Å². The van der Waals surface area contributed by atoms with Crippen molar-refractivity contribution in [3.8, 4) is 0 Å². The first-order valence-corrected chi connectivity index (χ1v) is 6.45. The minimum atomic E-state index is -0.160. The Kier molecular flexibility index (Phi) is 2.91. The summed E-state index contributed by atoms with van der Waals surface area (Å²) in [6.45, 7) is 0. The topological polar surface area (TPSA) is 0 Å². The second-order valence-electron chi connectivity index (χ2n) is 2.66. The normalized spacial score (nSPS) is 25.1. The SMILES string of the molecule is Cl[SiH2]C1CCCCC1. The van der Waals surface area contributed by atoms with Gasteiger partial charge in [-0.1, -0.05) is 32.1 Å². The average Bonchev–Trinajstić information content (AvgIpc) is 1.90. The molecule has 1 fully saturated rings. The van der Waals surface area contributed by atoms with Crippen LogP contribution in [0.3, 0.4) is 0 Å². The van der Waals surface area contributed by atoms with Crippen molar-refractivity contribution in [3.63, 3.8) is 0 Å². The van der Waals surface area contributed by atoms with Crippen molar-refractivity contribution in [2.75, 3.05) is 0 Å². The maximum Gasteiger partial charge on any atom is 0.128 e. The summed E-state index contributed by atoms with van der Waals surface area (Å²) in [4.78, 5) is 0. The quantitative estimate of drug-likeness (QED) is 0.395. The van der Waals surface area contributed by atoms with Crippen LogP contribution in [0.4, 0.5) is 0 Å². The fourth-order valence-corrected chi connectivity index (χ4v) is 3.15. The van der Waals surface area contributed by atoms with Crippen LogP contribution in [0.2, 0.25) is 5.54 Å². The monoisotopic (exact) mass is 148 g/mol. The molecule has 0 aromatic rings. The third-order valence-corrected chi connectivity index (χ3v) is 4.51. The van der Waals surface area contributed by atoms with Gasteiger partial charge in [0.1, 0.15) is 8.83 Å². The van der Waals surface area contributed by atoms with Crippen LogP contribution in [0.5, 0.6) is 0 Å². The summed E-state index contributed by atoms with van der Waals surface area (Å²) in [6.07, 6.45) is 7.24. The van der Waals surface area contributed by atoms with Gasteiger partial charge >= 0.3 is 0 Å². The Bertz CT molecular complexity index is 59.5. The Morgan fingerprint density at radius 1 is 1.12 bits per heavy atom. The second-order valence-corrected chi connectivity index (χ2v) is 5.05. The van der Waals surface area contributed by atoms with Gasteiger partial charge in [-0.2, -0.15) is 11.1 Å². The van der Waals surface area contributed by atoms with Crippen LogP contribution in [-0.2, 0) is 0 Å². The molecule has 0 radical (unpaired) electrons. The van der Waals surface area contributed by atoms with Gasteiger partial charge < -0.3 is 0 Å². The first-order chi connectivity index (χ1) is 3.93. The third kappa shape index (κ3) is 1.79. The van der Waals surface area contributed by atoms with Crippen LogP contribution in [0.1, 0.15) is 32.1 Å². The van der Waals surface area contributed by atoms with Crippen molar-refractivity contribution in [3.05, 3.63) is 0 Å². The predicted octanol–water partition coefficient (Wildman–Crippen LogP) is 2.06. The average molecular weight is 149 g/mol. The minimum Gasteiger partial charge on any atom is -0.176 e. The molecule has 8 heavy (non-hydrogen) atoms. The molecule has 1 aliphatic carbocycles. The van der Waals surface area contributed by atoms with Crippen LogP contribution >= 0.6 is 11.1 Å². The van der Waals surface area contributed by atoms with Gasteiger partial charge in [0, 0.05) is 0 Å². The molecule has 0 saturated heterocycles. The molecule has 0 heterocycles. The Morgan fingerprint density at radius 2 is 1.75 bits per heavy atom. The predicted molar refractivity (Wildman–Crippen MR) is 41.2 cm³/mol. The number of halogens is 1. The van der Waals surface area contributed by atoms with Gasteiger partial charge in [-0.05, 0) is 5.54 Å². The van der Waals surface area contributed by atoms with E-state index < -0.39 is 0 Å². The van der Waals surface area contributed by atoms with Crippen molar-refractivity contribution in [1.82, 2.24) is 0 Å². The van der Waals surface area contributed by atoms with Gasteiger partial charge in [-0.25, -0.2) is 0 Å². The maximum atomic E-state index is 5.82. The second kappa shape index (κ2) is 3.52. The highest BCUT2D eigenvalue weighted by molar-refractivity contribution is 6.94. The molecule has 48 valence electrons. The lowest BCUT2D eigenvalue weighted by Crippen LogP contribution is -2.03. The van der Waals surface area contributed by atoms with Crippen molar-refractivity contribution in [2.45, 2.75) is 37.6 Å². The molecule has 0 aromatic heterocycles. The highest BCUT2D eigenvalue weighted by Gasteiger charge is 2.11. The van der Waals surface area contributed by atoms with Crippen LogP contribution in [-0.4, -0.2) is 8.83 Å². The highest BCUT2D eigenvalue weighted by atomic mass is 35.6. The molecule has 0 spiro atoms. The lowest BCUT2D eigenvalue weighted by molar-refractivity contribution is 0.503. The molecular weight excluding hydrogens is 136 g/mol. The van der Waals surface area contributed by atoms with Gasteiger partial charge in [0.25, 0.3) is 0 Å². The Balaban J connectivity index is 2.13. The van der Waals surface area contributed by atoms with E-state index in [9.17, 15) is 0 Å². The summed E-state index contributed by atoms with van der Waals surface area (Å²) in [6, 6.07) is 0. The number of rotatable bonds is 1. The third-order valence-electron chi connectivity index (χ3n) is 1.94. The molecule has 1 aliphatic rings. The summed E-state index contributed by atoms with van der Waals surface area (Å²) in [5, 5.41) is 0. The van der Waals surface area contributed by atoms with Gasteiger partial charge in [0.2, 0.25) is 0 Å². The van der Waals surface area contributed by atoms with Gasteiger partial charge in [0.05, 0.1) is 0 Å². The van der Waals surface area contributed by atoms with E-state index in [4.69, 9.17) is 11.1 Å². The molecule has 0 atom stereocenters. The highest BCUT2D eigenvalue weighted by Crippen LogP contribution is 2.27. The summed E-state index contributed by atoms with van der Waals surface area (Å²) >= 11 is 5.82. The first kappa shape index (κ1) is 6.62. The van der Waals surface area contributed by atoms with E-state index in [0.717, 1.165) is 5.54 Å². The van der Waals surface area contributed by atoms with E-state index in [0.29, 0.717) is 0 Å². The Hall–Kier alpha value is 0.507. The fourth-order valence-electron chi connectivity index (χ4n) is 1.34. The summed E-state index contributed by atoms with van der Waals surface area (Å²) in [7, 11) is -0.160. The molecule has 1 saturated carbocycles. The van der Waals surface area contributed by atoms with Gasteiger partial charge in [-0.3, -0.25) is 0 Å². The van der Waals surface area contributed by atoms with E-state index in [-0.39, 0.29) is 8.83 Å². The zero-order valence-electron chi connectivity index (χ0n) is 5.20. The van der Waals surface area contributed by atoms with Gasteiger partial charge in [0.15, 0.2) is 0 Å². The lowest BCUT2D eigenvalue weighted by Gasteiger charge is -2.17. The van der Waals surface area contributed by atoms with Crippen molar-refractivity contribution >= 4 is 19.9 Å². The Morgan fingerprint density at radius 3 is 2.12 bits per heavy atom. The first-order valence-electron chi connectivity index (χ1n) is 3.49. The Labute approximate surface area is 58.1 Å². The zero-order chi connectivity index (χ0) is 5.82. The largest absolute Gasteiger partial charge is 0.176 e. The molecular formula is C6H13ClSi. The molecule has 0 nitrogen and oxygen atoms in total. The smallest absolute Gasteiger partial charge is 0.128 e. The zero-order valence-corrected chi connectivity index (χ0v) is 7.37. The lowest BCUT2D eigenvalue weighted by atomic mass is 10.0. The molecule has 0 aromatic carbocycles. The minimum absolute atomic E-state index is 0.160. The number of hydrogen-bond acceptors (Lipinski definition) is 0. The summed E-state index contributed by atoms with van der Waals surface area (Å²) in [5.41, 5.74) is 0.991. The molecule has 0 amide bonds. The van der Waals surface area contributed by atoms with Crippen LogP contribution in [0.15, 0.2) is 0 Å². The summed E-state index contributed by atoms with van der Waals surface area (Å²) in [5.74, 6) is 0. The molecule has 0 aliphatic heterocycles. The molecule has 0 N–H and O–H groups in total. The molecule has 0 unspecified atom stereocenters. The van der Waals surface area contributed by atoms with Crippen LogP contribution in [0, 0.1) is 0 Å². The van der Waals surface area contributed by atoms with Crippen LogP contribution in [0.25, 0.3) is 0 Å². The number of hydrogen-bond donors (Lipinski definition) is 0. The van der Waals surface area contributed by atoms with E-state index in [1.165, 1.54) is 32.1 Å². The molecule has 1 rings (SSSR count). The van der Waals surface area contributed by atoms with E-state index in [2.05, 4.69) is 0 Å². The van der Waals surface area contributed by atoms with Gasteiger partial charge in [-0.15, -0.1) is 0 Å².